The van der Waals surface area contributed by atoms with Crippen LogP contribution in [-0.4, -0.2) is 20.1 Å². The minimum atomic E-state index is -0.173. The summed E-state index contributed by atoms with van der Waals surface area (Å²) in [5.74, 6) is 0.915. The van der Waals surface area contributed by atoms with Gasteiger partial charge in [-0.1, -0.05) is 15.9 Å². The number of carbonyl (C=O) groups is 1. The Bertz CT molecular complexity index is 930. The summed E-state index contributed by atoms with van der Waals surface area (Å²) in [5.41, 5.74) is 3.35. The Morgan fingerprint density at radius 2 is 1.92 bits per heavy atom. The SMILES string of the molecule is COc1ccc2oc(C(=O)N(C)c3ccc(Br)cc3C)c(C)c2c1. The minimum absolute atomic E-state index is 0.173. The van der Waals surface area contributed by atoms with Gasteiger partial charge in [-0.15, -0.1) is 0 Å². The van der Waals surface area contributed by atoms with E-state index in [-0.39, 0.29) is 5.91 Å². The summed E-state index contributed by atoms with van der Waals surface area (Å²) in [5, 5.41) is 0.888. The third kappa shape index (κ3) is 2.80. The zero-order valence-electron chi connectivity index (χ0n) is 14.0. The van der Waals surface area contributed by atoms with E-state index in [4.69, 9.17) is 9.15 Å². The summed E-state index contributed by atoms with van der Waals surface area (Å²) in [4.78, 5) is 14.5. The van der Waals surface area contributed by atoms with E-state index < -0.39 is 0 Å². The quantitative estimate of drug-likeness (QED) is 0.627. The number of fused-ring (bicyclic) bond motifs is 1. The smallest absolute Gasteiger partial charge is 0.294 e. The first-order valence-electron chi connectivity index (χ1n) is 7.53. The van der Waals surface area contributed by atoms with E-state index in [9.17, 15) is 4.79 Å². The number of aryl methyl sites for hydroxylation is 2. The largest absolute Gasteiger partial charge is 0.497 e. The van der Waals surface area contributed by atoms with E-state index in [0.717, 1.165) is 32.4 Å². The first-order chi connectivity index (χ1) is 11.4. The molecule has 3 aromatic rings. The Morgan fingerprint density at radius 3 is 2.58 bits per heavy atom. The van der Waals surface area contributed by atoms with Gasteiger partial charge in [-0.3, -0.25) is 4.79 Å². The van der Waals surface area contributed by atoms with Crippen LogP contribution in [-0.2, 0) is 0 Å². The molecule has 0 fully saturated rings. The van der Waals surface area contributed by atoms with E-state index in [1.54, 1.807) is 19.1 Å². The number of rotatable bonds is 3. The molecule has 0 unspecified atom stereocenters. The van der Waals surface area contributed by atoms with Crippen LogP contribution in [0.5, 0.6) is 5.75 Å². The molecule has 0 bridgehead atoms. The second kappa shape index (κ2) is 6.32. The van der Waals surface area contributed by atoms with Crippen molar-refractivity contribution in [1.29, 1.82) is 0 Å². The number of hydrogen-bond acceptors (Lipinski definition) is 3. The van der Waals surface area contributed by atoms with Crippen molar-refractivity contribution >= 4 is 38.5 Å². The topological polar surface area (TPSA) is 42.7 Å². The highest BCUT2D eigenvalue weighted by Crippen LogP contribution is 2.31. The van der Waals surface area contributed by atoms with Gasteiger partial charge in [-0.05, 0) is 55.8 Å². The fourth-order valence-corrected chi connectivity index (χ4v) is 3.26. The predicted octanol–water partition coefficient (Wildman–Crippen LogP) is 5.10. The number of nitrogens with zero attached hydrogens (tertiary/aromatic N) is 1. The maximum atomic E-state index is 12.9. The average molecular weight is 388 g/mol. The lowest BCUT2D eigenvalue weighted by Crippen LogP contribution is -2.27. The molecule has 24 heavy (non-hydrogen) atoms. The van der Waals surface area contributed by atoms with Gasteiger partial charge in [0.15, 0.2) is 5.76 Å². The van der Waals surface area contributed by atoms with Crippen LogP contribution in [0, 0.1) is 13.8 Å². The number of benzene rings is 2. The molecule has 0 aliphatic rings. The Labute approximate surface area is 149 Å². The maximum Gasteiger partial charge on any atom is 0.294 e. The molecule has 0 N–H and O–H groups in total. The fourth-order valence-electron chi connectivity index (χ4n) is 2.79. The number of carbonyl (C=O) groups excluding carboxylic acids is 1. The Morgan fingerprint density at radius 1 is 1.17 bits per heavy atom. The number of halogens is 1. The number of methoxy groups -OCH3 is 1. The molecule has 2 aromatic carbocycles. The predicted molar refractivity (Wildman–Crippen MR) is 99.1 cm³/mol. The normalized spacial score (nSPS) is 10.9. The molecule has 1 heterocycles. The monoisotopic (exact) mass is 387 g/mol. The number of hydrogen-bond donors (Lipinski definition) is 0. The molecular formula is C19H18BrNO3. The second-order valence-corrected chi connectivity index (χ2v) is 6.63. The van der Waals surface area contributed by atoms with Gasteiger partial charge in [0.05, 0.1) is 7.11 Å². The maximum absolute atomic E-state index is 12.9. The lowest BCUT2D eigenvalue weighted by molar-refractivity contribution is 0.0967. The number of ether oxygens (including phenoxy) is 1. The van der Waals surface area contributed by atoms with Crippen molar-refractivity contribution in [3.63, 3.8) is 0 Å². The van der Waals surface area contributed by atoms with Gasteiger partial charge >= 0.3 is 0 Å². The van der Waals surface area contributed by atoms with Crippen molar-refractivity contribution in [3.05, 3.63) is 57.8 Å². The summed E-state index contributed by atoms with van der Waals surface area (Å²) in [6.45, 7) is 3.86. The zero-order chi connectivity index (χ0) is 17.4. The van der Waals surface area contributed by atoms with Crippen molar-refractivity contribution in [2.24, 2.45) is 0 Å². The molecule has 0 atom stereocenters. The minimum Gasteiger partial charge on any atom is -0.497 e. The third-order valence-corrected chi connectivity index (χ3v) is 4.66. The third-order valence-electron chi connectivity index (χ3n) is 4.16. The van der Waals surface area contributed by atoms with Gasteiger partial charge < -0.3 is 14.1 Å². The lowest BCUT2D eigenvalue weighted by Gasteiger charge is -2.19. The molecule has 0 radical (unpaired) electrons. The van der Waals surface area contributed by atoms with Gasteiger partial charge in [-0.2, -0.15) is 0 Å². The van der Waals surface area contributed by atoms with Crippen molar-refractivity contribution in [3.8, 4) is 5.75 Å². The van der Waals surface area contributed by atoms with Crippen LogP contribution in [0.2, 0.25) is 0 Å². The summed E-state index contributed by atoms with van der Waals surface area (Å²) < 4.78 is 12.0. The molecule has 0 saturated carbocycles. The van der Waals surface area contributed by atoms with Crippen molar-refractivity contribution in [1.82, 2.24) is 0 Å². The Balaban J connectivity index is 2.03. The van der Waals surface area contributed by atoms with Crippen molar-refractivity contribution in [2.75, 3.05) is 19.1 Å². The number of furan rings is 1. The van der Waals surface area contributed by atoms with Crippen LogP contribution in [0.4, 0.5) is 5.69 Å². The van der Waals surface area contributed by atoms with E-state index in [2.05, 4.69) is 15.9 Å². The molecule has 1 amide bonds. The molecule has 0 spiro atoms. The molecule has 1 aromatic heterocycles. The summed E-state index contributed by atoms with van der Waals surface area (Å²) >= 11 is 3.44. The Kier molecular flexibility index (Phi) is 4.37. The van der Waals surface area contributed by atoms with Crippen molar-refractivity contribution in [2.45, 2.75) is 13.8 Å². The van der Waals surface area contributed by atoms with Crippen LogP contribution in [0.3, 0.4) is 0 Å². The van der Waals surface area contributed by atoms with Crippen LogP contribution in [0.1, 0.15) is 21.7 Å². The molecule has 3 rings (SSSR count). The first-order valence-corrected chi connectivity index (χ1v) is 8.33. The lowest BCUT2D eigenvalue weighted by atomic mass is 10.1. The van der Waals surface area contributed by atoms with Gasteiger partial charge in [0.25, 0.3) is 5.91 Å². The van der Waals surface area contributed by atoms with Crippen LogP contribution in [0.25, 0.3) is 11.0 Å². The molecule has 0 aliphatic carbocycles. The van der Waals surface area contributed by atoms with E-state index in [1.807, 2.05) is 50.2 Å². The van der Waals surface area contributed by atoms with Gasteiger partial charge in [-0.25, -0.2) is 0 Å². The molecule has 4 nitrogen and oxygen atoms in total. The molecule has 0 saturated heterocycles. The summed E-state index contributed by atoms with van der Waals surface area (Å²) in [6.07, 6.45) is 0. The van der Waals surface area contributed by atoms with Crippen LogP contribution < -0.4 is 9.64 Å². The van der Waals surface area contributed by atoms with Crippen LogP contribution >= 0.6 is 15.9 Å². The van der Waals surface area contributed by atoms with Crippen molar-refractivity contribution < 1.29 is 13.9 Å². The molecular weight excluding hydrogens is 370 g/mol. The summed E-state index contributed by atoms with van der Waals surface area (Å²) in [7, 11) is 3.37. The highest BCUT2D eigenvalue weighted by atomic mass is 79.9. The Hall–Kier alpha value is -2.27. The second-order valence-electron chi connectivity index (χ2n) is 5.71. The van der Waals surface area contributed by atoms with E-state index >= 15 is 0 Å². The average Bonchev–Trinajstić information content (AvgIpc) is 2.90. The van der Waals surface area contributed by atoms with Gasteiger partial charge in [0.2, 0.25) is 0 Å². The number of anilines is 1. The zero-order valence-corrected chi connectivity index (χ0v) is 15.6. The highest BCUT2D eigenvalue weighted by Gasteiger charge is 2.23. The van der Waals surface area contributed by atoms with Gasteiger partial charge in [0.1, 0.15) is 11.3 Å². The first kappa shape index (κ1) is 16.6. The molecule has 124 valence electrons. The molecule has 5 heteroatoms. The van der Waals surface area contributed by atoms with E-state index in [1.165, 1.54) is 0 Å². The number of amides is 1. The van der Waals surface area contributed by atoms with Crippen LogP contribution in [0.15, 0.2) is 45.3 Å². The van der Waals surface area contributed by atoms with Gasteiger partial charge in [0, 0.05) is 28.2 Å². The molecule has 0 aliphatic heterocycles. The summed E-state index contributed by atoms with van der Waals surface area (Å²) in [6, 6.07) is 11.3. The fraction of sp³-hybridized carbons (Fsp3) is 0.211. The standard InChI is InChI=1S/C19H18BrNO3/c1-11-9-13(20)5-7-16(11)21(3)19(22)18-12(2)15-10-14(23-4)6-8-17(15)24-18/h5-10H,1-4H3. The van der Waals surface area contributed by atoms with E-state index in [0.29, 0.717) is 11.3 Å². The highest BCUT2D eigenvalue weighted by molar-refractivity contribution is 9.10.